The summed E-state index contributed by atoms with van der Waals surface area (Å²) in [4.78, 5) is 0. The Kier molecular flexibility index (Phi) is 1.86. The zero-order valence-corrected chi connectivity index (χ0v) is 5.57. The maximum absolute atomic E-state index is 3.37. The molecule has 8 heavy (non-hydrogen) atoms. The van der Waals surface area contributed by atoms with Crippen LogP contribution < -0.4 is 10.6 Å². The van der Waals surface area contributed by atoms with Crippen LogP contribution in [0.5, 0.6) is 0 Å². The Morgan fingerprint density at radius 1 is 1.38 bits per heavy atom. The zero-order chi connectivity index (χ0) is 5.98. The van der Waals surface area contributed by atoms with Crippen LogP contribution in [0.3, 0.4) is 0 Å². The molecule has 2 heteroatoms. The predicted molar refractivity (Wildman–Crippen MR) is 34.7 cm³/mol. The first kappa shape index (κ1) is 6.05. The van der Waals surface area contributed by atoms with Crippen molar-refractivity contribution in [3.63, 3.8) is 0 Å². The van der Waals surface area contributed by atoms with Gasteiger partial charge in [-0.25, -0.2) is 0 Å². The third-order valence-corrected chi connectivity index (χ3v) is 1.56. The molecule has 0 saturated carbocycles. The Balaban J connectivity index is 2.23. The molecule has 2 N–H and O–H groups in total. The van der Waals surface area contributed by atoms with Crippen LogP contribution in [0.1, 0.15) is 20.3 Å². The van der Waals surface area contributed by atoms with E-state index in [0.29, 0.717) is 12.2 Å². The van der Waals surface area contributed by atoms with E-state index in [1.165, 1.54) is 6.42 Å². The van der Waals surface area contributed by atoms with Crippen molar-refractivity contribution >= 4 is 0 Å². The Labute approximate surface area is 50.7 Å². The highest BCUT2D eigenvalue weighted by molar-refractivity contribution is 4.72. The molecule has 1 fully saturated rings. The second kappa shape index (κ2) is 2.46. The molecule has 2 atom stereocenters. The van der Waals surface area contributed by atoms with Gasteiger partial charge in [-0.15, -0.1) is 0 Å². The summed E-state index contributed by atoms with van der Waals surface area (Å²) in [5, 5.41) is 6.67. The molecule has 0 radical (unpaired) electrons. The molecule has 0 spiro atoms. The molecule has 0 aromatic carbocycles. The van der Waals surface area contributed by atoms with Gasteiger partial charge >= 0.3 is 0 Å². The summed E-state index contributed by atoms with van der Waals surface area (Å²) in [6.45, 7) is 5.53. The quantitative estimate of drug-likeness (QED) is 0.473. The monoisotopic (exact) mass is 114 g/mol. The maximum atomic E-state index is 3.37. The van der Waals surface area contributed by atoms with Crippen molar-refractivity contribution in [1.29, 1.82) is 0 Å². The molecule has 1 heterocycles. The van der Waals surface area contributed by atoms with E-state index in [1.54, 1.807) is 0 Å². The van der Waals surface area contributed by atoms with Crippen molar-refractivity contribution < 1.29 is 0 Å². The van der Waals surface area contributed by atoms with Crippen LogP contribution in [-0.2, 0) is 0 Å². The molecule has 0 bridgehead atoms. The Morgan fingerprint density at radius 3 is 2.50 bits per heavy atom. The van der Waals surface area contributed by atoms with Crippen molar-refractivity contribution in [2.24, 2.45) is 0 Å². The second-order valence-electron chi connectivity index (χ2n) is 2.53. The number of rotatable bonds is 0. The lowest BCUT2D eigenvalue weighted by molar-refractivity contribution is 0.330. The van der Waals surface area contributed by atoms with Gasteiger partial charge in [0.1, 0.15) is 0 Å². The third kappa shape index (κ3) is 1.46. The van der Waals surface area contributed by atoms with Crippen LogP contribution in [0.25, 0.3) is 0 Å². The minimum absolute atomic E-state index is 0.513. The molecule has 0 aromatic heterocycles. The van der Waals surface area contributed by atoms with Gasteiger partial charge in [-0.2, -0.15) is 0 Å². The van der Waals surface area contributed by atoms with Crippen molar-refractivity contribution in [2.75, 3.05) is 6.54 Å². The number of hydrogen-bond donors (Lipinski definition) is 2. The molecular weight excluding hydrogens is 100 g/mol. The van der Waals surface area contributed by atoms with Crippen molar-refractivity contribution in [1.82, 2.24) is 10.6 Å². The number of hydrogen-bond acceptors (Lipinski definition) is 2. The summed E-state index contributed by atoms with van der Waals surface area (Å²) in [5.74, 6) is 0. The van der Waals surface area contributed by atoms with Gasteiger partial charge in [0.25, 0.3) is 0 Å². The molecular formula is C6H14N2. The number of nitrogens with one attached hydrogen (secondary N) is 2. The minimum atomic E-state index is 0.513. The highest BCUT2D eigenvalue weighted by Crippen LogP contribution is 1.95. The summed E-state index contributed by atoms with van der Waals surface area (Å²) in [6, 6.07) is 0.700. The normalized spacial score (nSPS) is 39.8. The van der Waals surface area contributed by atoms with E-state index in [2.05, 4.69) is 24.5 Å². The first-order chi connectivity index (χ1) is 3.79. The lowest BCUT2D eigenvalue weighted by Gasteiger charge is -2.26. The molecule has 0 aromatic rings. The van der Waals surface area contributed by atoms with E-state index in [9.17, 15) is 0 Å². The van der Waals surface area contributed by atoms with Gasteiger partial charge in [0.05, 0.1) is 6.17 Å². The zero-order valence-electron chi connectivity index (χ0n) is 5.57. The van der Waals surface area contributed by atoms with Crippen molar-refractivity contribution in [3.05, 3.63) is 0 Å². The van der Waals surface area contributed by atoms with Gasteiger partial charge in [-0.3, -0.25) is 5.32 Å². The average molecular weight is 114 g/mol. The minimum Gasteiger partial charge on any atom is -0.302 e. The van der Waals surface area contributed by atoms with Gasteiger partial charge in [0.2, 0.25) is 0 Å². The largest absolute Gasteiger partial charge is 0.302 e. The molecule has 2 nitrogen and oxygen atoms in total. The highest BCUT2D eigenvalue weighted by Gasteiger charge is 2.10. The summed E-state index contributed by atoms with van der Waals surface area (Å²) < 4.78 is 0. The van der Waals surface area contributed by atoms with Crippen molar-refractivity contribution in [3.8, 4) is 0 Å². The molecule has 1 rings (SSSR count). The highest BCUT2D eigenvalue weighted by atomic mass is 15.1. The standard InChI is InChI=1S/C6H14N2/c1-5-3-4-7-6(2)8-5/h5-8H,3-4H2,1-2H3. The van der Waals surface area contributed by atoms with E-state index in [0.717, 1.165) is 6.54 Å². The molecule has 1 aliphatic rings. The van der Waals surface area contributed by atoms with Gasteiger partial charge < -0.3 is 5.32 Å². The van der Waals surface area contributed by atoms with E-state index in [4.69, 9.17) is 0 Å². The summed E-state index contributed by atoms with van der Waals surface area (Å²) in [7, 11) is 0. The van der Waals surface area contributed by atoms with Crippen molar-refractivity contribution in [2.45, 2.75) is 32.5 Å². The molecule has 48 valence electrons. The van der Waals surface area contributed by atoms with Crippen LogP contribution in [0.2, 0.25) is 0 Å². The van der Waals surface area contributed by atoms with Crippen LogP contribution >= 0.6 is 0 Å². The average Bonchev–Trinajstić information content (AvgIpc) is 1.64. The summed E-state index contributed by atoms with van der Waals surface area (Å²) in [6.07, 6.45) is 1.77. The fourth-order valence-corrected chi connectivity index (χ4v) is 1.09. The van der Waals surface area contributed by atoms with E-state index in [1.807, 2.05) is 0 Å². The van der Waals surface area contributed by atoms with Gasteiger partial charge in [0, 0.05) is 6.04 Å². The SMILES string of the molecule is CC1CCNC(C)N1. The Hall–Kier alpha value is -0.0800. The summed E-state index contributed by atoms with van der Waals surface area (Å²) in [5.41, 5.74) is 0. The lowest BCUT2D eigenvalue weighted by Crippen LogP contribution is -2.50. The smallest absolute Gasteiger partial charge is 0.0544 e. The third-order valence-electron chi connectivity index (χ3n) is 1.56. The fourth-order valence-electron chi connectivity index (χ4n) is 1.09. The van der Waals surface area contributed by atoms with Gasteiger partial charge in [-0.1, -0.05) is 0 Å². The van der Waals surface area contributed by atoms with E-state index in [-0.39, 0.29) is 0 Å². The molecule has 0 aliphatic carbocycles. The second-order valence-corrected chi connectivity index (χ2v) is 2.53. The first-order valence-electron chi connectivity index (χ1n) is 3.28. The van der Waals surface area contributed by atoms with Gasteiger partial charge in [-0.05, 0) is 26.8 Å². The van der Waals surface area contributed by atoms with Crippen LogP contribution in [-0.4, -0.2) is 18.8 Å². The lowest BCUT2D eigenvalue weighted by atomic mass is 10.2. The van der Waals surface area contributed by atoms with Crippen LogP contribution in [0.15, 0.2) is 0 Å². The Bertz CT molecular complexity index is 64.9. The topological polar surface area (TPSA) is 24.1 Å². The van der Waals surface area contributed by atoms with E-state index < -0.39 is 0 Å². The maximum Gasteiger partial charge on any atom is 0.0544 e. The van der Waals surface area contributed by atoms with Crippen LogP contribution in [0.4, 0.5) is 0 Å². The first-order valence-corrected chi connectivity index (χ1v) is 3.28. The summed E-state index contributed by atoms with van der Waals surface area (Å²) >= 11 is 0. The molecule has 1 aliphatic heterocycles. The van der Waals surface area contributed by atoms with Crippen LogP contribution in [0, 0.1) is 0 Å². The van der Waals surface area contributed by atoms with E-state index >= 15 is 0 Å². The van der Waals surface area contributed by atoms with Gasteiger partial charge in [0.15, 0.2) is 0 Å². The molecule has 0 amide bonds. The predicted octanol–water partition coefficient (Wildman–Crippen LogP) is 0.304. The fraction of sp³-hybridized carbons (Fsp3) is 1.00. The molecule has 1 saturated heterocycles. The Morgan fingerprint density at radius 2 is 2.12 bits per heavy atom. The molecule has 2 unspecified atom stereocenters.